The van der Waals surface area contributed by atoms with Crippen LogP contribution >= 0.6 is 0 Å². The average molecular weight is 581 g/mol. The van der Waals surface area contributed by atoms with Crippen molar-refractivity contribution in [3.63, 3.8) is 0 Å². The zero-order valence-corrected chi connectivity index (χ0v) is 23.9. The third-order valence-electron chi connectivity index (χ3n) is 7.24. The van der Waals surface area contributed by atoms with Crippen LogP contribution in [0.4, 0.5) is 17.6 Å². The first-order valence-corrected chi connectivity index (χ1v) is 14.9. The summed E-state index contributed by atoms with van der Waals surface area (Å²) in [6.45, 7) is 4.15. The number of aromatic nitrogens is 4. The largest absolute Gasteiger partial charge is 0.445 e. The van der Waals surface area contributed by atoms with Gasteiger partial charge in [0.25, 0.3) is 5.91 Å². The van der Waals surface area contributed by atoms with E-state index in [1.165, 1.54) is 14.1 Å². The summed E-state index contributed by atoms with van der Waals surface area (Å²) in [5, 5.41) is 10.5. The summed E-state index contributed by atoms with van der Waals surface area (Å²) in [4.78, 5) is 24.3. The van der Waals surface area contributed by atoms with E-state index in [-0.39, 0.29) is 29.5 Å². The molecule has 0 unspecified atom stereocenters. The molecule has 1 aliphatic heterocycles. The molecule has 41 heavy (non-hydrogen) atoms. The molecule has 2 aliphatic rings. The van der Waals surface area contributed by atoms with Gasteiger partial charge in [0, 0.05) is 50.9 Å². The number of carbonyl (C=O) groups excluding carboxylic acids is 1. The van der Waals surface area contributed by atoms with Gasteiger partial charge in [-0.1, -0.05) is 30.3 Å². The molecular weight excluding hydrogens is 548 g/mol. The maximum Gasteiger partial charge on any atom is 0.324 e. The quantitative estimate of drug-likeness (QED) is 0.303. The van der Waals surface area contributed by atoms with E-state index in [9.17, 15) is 13.2 Å². The molecule has 13 nitrogen and oxygen atoms in total. The van der Waals surface area contributed by atoms with Crippen molar-refractivity contribution in [2.24, 2.45) is 5.92 Å². The van der Waals surface area contributed by atoms with Crippen molar-refractivity contribution < 1.29 is 22.4 Å². The fourth-order valence-corrected chi connectivity index (χ4v) is 5.56. The van der Waals surface area contributed by atoms with Crippen molar-refractivity contribution in [1.29, 1.82) is 0 Å². The van der Waals surface area contributed by atoms with E-state index in [0.29, 0.717) is 54.8 Å². The number of hydrogen-bond donors (Lipinski definition) is 2. The Morgan fingerprint density at radius 2 is 1.83 bits per heavy atom. The lowest BCUT2D eigenvalue weighted by Gasteiger charge is -2.27. The minimum Gasteiger partial charge on any atom is -0.445 e. The van der Waals surface area contributed by atoms with Gasteiger partial charge in [0.15, 0.2) is 17.2 Å². The van der Waals surface area contributed by atoms with Gasteiger partial charge in [-0.25, -0.2) is 4.98 Å². The molecule has 14 heteroatoms. The summed E-state index contributed by atoms with van der Waals surface area (Å²) in [6.07, 6.45) is 2.21. The number of ether oxygens (including phenoxy) is 1. The van der Waals surface area contributed by atoms with Crippen LogP contribution in [0.15, 0.2) is 46.9 Å². The summed E-state index contributed by atoms with van der Waals surface area (Å²) >= 11 is 0. The Kier molecular flexibility index (Phi) is 7.13. The SMILES string of the molecule is C[C@@H](NC(=O)c1cc2nc(Nc3cc(-c4ccccc4)nn3S(=O)(=O)N(C)C)nc(N3CCOCC3)c2o1)C1CC1. The van der Waals surface area contributed by atoms with Crippen LogP contribution in [0.5, 0.6) is 0 Å². The lowest BCUT2D eigenvalue weighted by Crippen LogP contribution is -2.37. The standard InChI is InChI=1S/C27H32N8O5S/c1-17(18-9-10-18)28-26(36)22-15-21-24(40-22)25(34-11-13-39-14-12-34)31-27(29-21)30-23-16-20(19-7-5-4-6-8-19)32-35(23)41(37,38)33(2)3/h4-8,15-18H,9-14H2,1-3H3,(H,28,36)(H,29,30,31)/t17-/m1/s1. The second-order valence-electron chi connectivity index (χ2n) is 10.4. The molecule has 0 radical (unpaired) electrons. The number of nitrogens with one attached hydrogen (secondary N) is 2. The Hall–Kier alpha value is -4.01. The number of nitrogens with zero attached hydrogens (tertiary/aromatic N) is 6. The molecule has 1 aromatic carbocycles. The zero-order valence-electron chi connectivity index (χ0n) is 23.1. The maximum atomic E-state index is 13.2. The molecular formula is C27H32N8O5S. The molecule has 0 spiro atoms. The highest BCUT2D eigenvalue weighted by Gasteiger charge is 2.31. The van der Waals surface area contributed by atoms with Gasteiger partial charge in [-0.3, -0.25) is 4.79 Å². The fourth-order valence-electron chi connectivity index (χ4n) is 4.71. The first-order chi connectivity index (χ1) is 19.7. The van der Waals surface area contributed by atoms with Crippen LogP contribution in [-0.2, 0) is 14.9 Å². The number of benzene rings is 1. The molecule has 1 saturated heterocycles. The van der Waals surface area contributed by atoms with Gasteiger partial charge in [-0.05, 0) is 25.7 Å². The van der Waals surface area contributed by atoms with Crippen LogP contribution in [0, 0.1) is 5.92 Å². The smallest absolute Gasteiger partial charge is 0.324 e. The van der Waals surface area contributed by atoms with Gasteiger partial charge < -0.3 is 24.7 Å². The van der Waals surface area contributed by atoms with Crippen LogP contribution in [0.2, 0.25) is 0 Å². The summed E-state index contributed by atoms with van der Waals surface area (Å²) in [7, 11) is -1.12. The second kappa shape index (κ2) is 10.8. The lowest BCUT2D eigenvalue weighted by atomic mass is 10.2. The number of rotatable bonds is 9. The predicted molar refractivity (Wildman–Crippen MR) is 153 cm³/mol. The van der Waals surface area contributed by atoms with Crippen LogP contribution in [0.25, 0.3) is 22.4 Å². The van der Waals surface area contributed by atoms with E-state index in [1.54, 1.807) is 12.1 Å². The normalized spacial score (nSPS) is 16.7. The number of fused-ring (bicyclic) bond motifs is 1. The Labute approximate surface area is 237 Å². The van der Waals surface area contributed by atoms with Crippen molar-refractivity contribution in [3.05, 3.63) is 48.2 Å². The van der Waals surface area contributed by atoms with Gasteiger partial charge in [-0.2, -0.15) is 22.8 Å². The molecule has 2 N–H and O–H groups in total. The highest BCUT2D eigenvalue weighted by molar-refractivity contribution is 7.87. The van der Waals surface area contributed by atoms with Crippen LogP contribution in [0.1, 0.15) is 30.3 Å². The minimum absolute atomic E-state index is 0.0514. The minimum atomic E-state index is -3.99. The predicted octanol–water partition coefficient (Wildman–Crippen LogP) is 2.85. The molecule has 1 atom stereocenters. The molecule has 2 fully saturated rings. The Bertz CT molecular complexity index is 1670. The molecule has 3 aromatic heterocycles. The third kappa shape index (κ3) is 5.49. The summed E-state index contributed by atoms with van der Waals surface area (Å²) in [5.41, 5.74) is 2.00. The summed E-state index contributed by atoms with van der Waals surface area (Å²) in [5.74, 6) is 1.09. The molecule has 4 aromatic rings. The van der Waals surface area contributed by atoms with Gasteiger partial charge in [0.1, 0.15) is 11.3 Å². The lowest BCUT2D eigenvalue weighted by molar-refractivity contribution is 0.0909. The number of hydrogen-bond acceptors (Lipinski definition) is 10. The van der Waals surface area contributed by atoms with Crippen LogP contribution < -0.4 is 15.5 Å². The van der Waals surface area contributed by atoms with E-state index in [4.69, 9.17) is 14.1 Å². The number of morpholine rings is 1. The van der Waals surface area contributed by atoms with Gasteiger partial charge >= 0.3 is 10.2 Å². The second-order valence-corrected chi connectivity index (χ2v) is 12.4. The maximum absolute atomic E-state index is 13.2. The van der Waals surface area contributed by atoms with Crippen LogP contribution in [-0.4, -0.2) is 84.2 Å². The fraction of sp³-hybridized carbons (Fsp3) is 0.407. The molecule has 1 amide bonds. The van der Waals surface area contributed by atoms with E-state index in [1.807, 2.05) is 42.2 Å². The molecule has 6 rings (SSSR count). The van der Waals surface area contributed by atoms with Crippen molar-refractivity contribution in [2.75, 3.05) is 50.6 Å². The average Bonchev–Trinajstić information content (AvgIpc) is 3.60. The van der Waals surface area contributed by atoms with Crippen molar-refractivity contribution in [2.45, 2.75) is 25.8 Å². The molecule has 1 saturated carbocycles. The van der Waals surface area contributed by atoms with Gasteiger partial charge in [0.2, 0.25) is 5.95 Å². The molecule has 1 aliphatic carbocycles. The van der Waals surface area contributed by atoms with Crippen molar-refractivity contribution in [1.82, 2.24) is 28.8 Å². The molecule has 0 bridgehead atoms. The number of furan rings is 1. The first kappa shape index (κ1) is 27.2. The number of amides is 1. The summed E-state index contributed by atoms with van der Waals surface area (Å²) < 4.78 is 39.9. The zero-order chi connectivity index (χ0) is 28.7. The highest BCUT2D eigenvalue weighted by atomic mass is 32.2. The van der Waals surface area contributed by atoms with Crippen LogP contribution in [0.3, 0.4) is 0 Å². The highest BCUT2D eigenvalue weighted by Crippen LogP contribution is 2.34. The summed E-state index contributed by atoms with van der Waals surface area (Å²) in [6, 6.07) is 12.5. The van der Waals surface area contributed by atoms with Gasteiger partial charge in [0.05, 0.1) is 18.9 Å². The molecule has 216 valence electrons. The first-order valence-electron chi connectivity index (χ1n) is 13.5. The monoisotopic (exact) mass is 580 g/mol. The van der Waals surface area contributed by atoms with E-state index in [0.717, 1.165) is 26.8 Å². The number of carbonyl (C=O) groups is 1. The van der Waals surface area contributed by atoms with E-state index in [2.05, 4.69) is 20.7 Å². The molecule has 4 heterocycles. The Balaban J connectivity index is 1.41. The topological polar surface area (TPSA) is 148 Å². The van der Waals surface area contributed by atoms with E-state index >= 15 is 0 Å². The third-order valence-corrected chi connectivity index (χ3v) is 8.88. The van der Waals surface area contributed by atoms with Crippen molar-refractivity contribution in [3.8, 4) is 11.3 Å². The van der Waals surface area contributed by atoms with Crippen molar-refractivity contribution >= 4 is 44.8 Å². The Morgan fingerprint density at radius 3 is 2.51 bits per heavy atom. The van der Waals surface area contributed by atoms with E-state index < -0.39 is 10.2 Å². The van der Waals surface area contributed by atoms with Gasteiger partial charge in [-0.15, -0.1) is 4.09 Å². The Morgan fingerprint density at radius 1 is 1.10 bits per heavy atom. The number of anilines is 3.